The van der Waals surface area contributed by atoms with Gasteiger partial charge in [-0.05, 0) is 12.8 Å². The van der Waals surface area contributed by atoms with Crippen LogP contribution in [-0.2, 0) is 19.1 Å². The second kappa shape index (κ2) is 8.77. The Morgan fingerprint density at radius 2 is 2.00 bits per heavy atom. The summed E-state index contributed by atoms with van der Waals surface area (Å²) in [7, 11) is 1.25. The van der Waals surface area contributed by atoms with Crippen LogP contribution in [0.25, 0.3) is 0 Å². The summed E-state index contributed by atoms with van der Waals surface area (Å²) < 4.78 is 8.83. The van der Waals surface area contributed by atoms with E-state index in [9.17, 15) is 14.8 Å². The van der Waals surface area contributed by atoms with Gasteiger partial charge in [-0.15, -0.1) is 5.01 Å². The molecular formula is C10H19N3O7. The average molecular weight is 293 g/mol. The zero-order chi connectivity index (χ0) is 15.7. The number of hydrazine groups is 1. The third-order valence-electron chi connectivity index (χ3n) is 2.18. The molecule has 10 heteroatoms. The highest BCUT2D eigenvalue weighted by Crippen LogP contribution is 2.09. The molecule has 0 heterocycles. The first-order valence-corrected chi connectivity index (χ1v) is 5.86. The van der Waals surface area contributed by atoms with E-state index in [1.165, 1.54) is 7.05 Å². The van der Waals surface area contributed by atoms with Crippen molar-refractivity contribution in [1.82, 2.24) is 5.01 Å². The number of carboxylic acids is 1. The highest BCUT2D eigenvalue weighted by molar-refractivity contribution is 5.73. The summed E-state index contributed by atoms with van der Waals surface area (Å²) in [6.07, 6.45) is -0.959. The van der Waals surface area contributed by atoms with E-state index in [0.717, 1.165) is 5.01 Å². The highest BCUT2D eigenvalue weighted by atomic mass is 16.8. The fraction of sp³-hybridized carbons (Fsp3) is 0.800. The lowest BCUT2D eigenvalue weighted by Crippen LogP contribution is -2.45. The van der Waals surface area contributed by atoms with Crippen LogP contribution in [-0.4, -0.2) is 53.7 Å². The molecule has 0 unspecified atom stereocenters. The standard InChI is InChI=1S/C10H19N3O7/c1-5-18-10(16)19-6-20-11-13(17)12(4)8(7(2)3)9(14)15/h7-8H,5-6H2,1-4H3,(H,14,15)/b13-11-/t8-/m0/s1. The zero-order valence-corrected chi connectivity index (χ0v) is 11.8. The Hall–Kier alpha value is -2.26. The number of hydrogen-bond donors (Lipinski definition) is 1. The van der Waals surface area contributed by atoms with Crippen molar-refractivity contribution in [2.75, 3.05) is 20.4 Å². The van der Waals surface area contributed by atoms with E-state index in [1.807, 2.05) is 0 Å². The van der Waals surface area contributed by atoms with Crippen LogP contribution >= 0.6 is 0 Å². The van der Waals surface area contributed by atoms with Gasteiger partial charge in [0, 0.05) is 0 Å². The average Bonchev–Trinajstić information content (AvgIpc) is 2.33. The lowest BCUT2D eigenvalue weighted by molar-refractivity contribution is -0.712. The number of nitrogens with zero attached hydrogens (tertiary/aromatic N) is 3. The van der Waals surface area contributed by atoms with E-state index < -0.39 is 25.0 Å². The third kappa shape index (κ3) is 6.07. The Bertz CT molecular complexity index is 359. The summed E-state index contributed by atoms with van der Waals surface area (Å²) in [4.78, 5) is 26.2. The van der Waals surface area contributed by atoms with Crippen molar-refractivity contribution in [1.29, 1.82) is 0 Å². The smallest absolute Gasteiger partial charge is 0.511 e. The third-order valence-corrected chi connectivity index (χ3v) is 2.18. The van der Waals surface area contributed by atoms with Gasteiger partial charge in [-0.1, -0.05) is 13.8 Å². The molecule has 0 rings (SSSR count). The second-order valence-electron chi connectivity index (χ2n) is 4.01. The maximum absolute atomic E-state index is 11.5. The topological polar surface area (TPSA) is 124 Å². The molecule has 0 aromatic rings. The number of carbonyl (C=O) groups is 2. The van der Waals surface area contributed by atoms with Crippen LogP contribution in [0.1, 0.15) is 20.8 Å². The van der Waals surface area contributed by atoms with Gasteiger partial charge in [0.1, 0.15) is 0 Å². The van der Waals surface area contributed by atoms with Crippen molar-refractivity contribution in [3.8, 4) is 0 Å². The van der Waals surface area contributed by atoms with Crippen molar-refractivity contribution >= 4 is 12.1 Å². The molecule has 20 heavy (non-hydrogen) atoms. The van der Waals surface area contributed by atoms with Gasteiger partial charge in [0.25, 0.3) is 6.79 Å². The fourth-order valence-electron chi connectivity index (χ4n) is 1.35. The molecule has 0 saturated heterocycles. The molecule has 0 aromatic carbocycles. The Balaban J connectivity index is 4.35. The summed E-state index contributed by atoms with van der Waals surface area (Å²) in [5.74, 6) is -1.48. The van der Waals surface area contributed by atoms with E-state index in [2.05, 4.69) is 19.6 Å². The first-order valence-electron chi connectivity index (χ1n) is 5.86. The molecule has 0 aliphatic heterocycles. The first kappa shape index (κ1) is 17.7. The van der Waals surface area contributed by atoms with Crippen LogP contribution in [0.4, 0.5) is 4.79 Å². The van der Waals surface area contributed by atoms with Crippen LogP contribution in [0.15, 0.2) is 5.28 Å². The van der Waals surface area contributed by atoms with Gasteiger partial charge in [-0.25, -0.2) is 9.59 Å². The minimum Gasteiger partial charge on any atom is -0.569 e. The normalized spacial score (nSPS) is 12.8. The van der Waals surface area contributed by atoms with E-state index in [4.69, 9.17) is 5.11 Å². The van der Waals surface area contributed by atoms with Crippen LogP contribution in [0, 0.1) is 11.1 Å². The molecular weight excluding hydrogens is 274 g/mol. The number of rotatable bonds is 8. The molecule has 0 spiro atoms. The van der Waals surface area contributed by atoms with E-state index in [-0.39, 0.29) is 17.5 Å². The summed E-state index contributed by atoms with van der Waals surface area (Å²) in [5, 5.41) is 24.4. The van der Waals surface area contributed by atoms with Crippen LogP contribution < -0.4 is 0 Å². The number of carboxylic acid groups (broad SMARTS) is 1. The molecule has 1 atom stereocenters. The Labute approximate surface area is 116 Å². The van der Waals surface area contributed by atoms with E-state index >= 15 is 0 Å². The Morgan fingerprint density at radius 1 is 1.40 bits per heavy atom. The maximum atomic E-state index is 11.5. The van der Waals surface area contributed by atoms with Crippen LogP contribution in [0.3, 0.4) is 0 Å². The second-order valence-corrected chi connectivity index (χ2v) is 4.01. The first-order chi connectivity index (χ1) is 9.31. The van der Waals surface area contributed by atoms with Crippen molar-refractivity contribution in [3.63, 3.8) is 0 Å². The molecule has 116 valence electrons. The highest BCUT2D eigenvalue weighted by Gasteiger charge is 2.31. The van der Waals surface area contributed by atoms with Gasteiger partial charge in [0.05, 0.1) is 18.6 Å². The lowest BCUT2D eigenvalue weighted by Gasteiger charge is -2.22. The molecule has 1 N–H and O–H groups in total. The minimum absolute atomic E-state index is 0.0344. The molecule has 0 radical (unpaired) electrons. The fourth-order valence-corrected chi connectivity index (χ4v) is 1.35. The predicted molar refractivity (Wildman–Crippen MR) is 64.1 cm³/mol. The Kier molecular flexibility index (Phi) is 7.78. The van der Waals surface area contributed by atoms with Gasteiger partial charge in [0.2, 0.25) is 5.28 Å². The van der Waals surface area contributed by atoms with Gasteiger partial charge >= 0.3 is 12.1 Å². The lowest BCUT2D eigenvalue weighted by atomic mass is 10.1. The summed E-state index contributed by atoms with van der Waals surface area (Å²) in [6, 6.07) is -1.06. The molecule has 10 nitrogen and oxygen atoms in total. The van der Waals surface area contributed by atoms with E-state index in [0.29, 0.717) is 0 Å². The monoisotopic (exact) mass is 293 g/mol. The number of ether oxygens (including phenoxy) is 2. The quantitative estimate of drug-likeness (QED) is 0.175. The molecule has 0 fully saturated rings. The van der Waals surface area contributed by atoms with Crippen molar-refractivity contribution in [2.24, 2.45) is 11.2 Å². The van der Waals surface area contributed by atoms with Crippen LogP contribution in [0.2, 0.25) is 0 Å². The minimum atomic E-state index is -1.17. The number of likely N-dealkylation sites (N-methyl/N-ethyl adjacent to an activating group) is 1. The molecule has 0 saturated carbocycles. The largest absolute Gasteiger partial charge is 0.569 e. The number of carbonyl (C=O) groups excluding carboxylic acids is 1. The van der Waals surface area contributed by atoms with E-state index in [1.54, 1.807) is 20.8 Å². The van der Waals surface area contributed by atoms with Gasteiger partial charge in [0.15, 0.2) is 6.04 Å². The van der Waals surface area contributed by atoms with Crippen molar-refractivity contribution in [3.05, 3.63) is 5.21 Å². The molecule has 0 aliphatic carbocycles. The summed E-state index contributed by atoms with van der Waals surface area (Å²) in [5.41, 5.74) is 0. The zero-order valence-electron chi connectivity index (χ0n) is 11.8. The molecule has 0 aliphatic rings. The molecule has 0 aromatic heterocycles. The Morgan fingerprint density at radius 3 is 2.45 bits per heavy atom. The summed E-state index contributed by atoms with van der Waals surface area (Å²) >= 11 is 0. The maximum Gasteiger partial charge on any atom is 0.511 e. The SMILES string of the molecule is CCOC(=O)OCO/N=[N+](\[O-])N(C)[C@H](C(=O)O)C(C)C. The van der Waals surface area contributed by atoms with Gasteiger partial charge in [-0.3, -0.25) is 0 Å². The molecule has 0 bridgehead atoms. The number of hydrogen-bond acceptors (Lipinski definition) is 7. The number of aliphatic carboxylic acids is 1. The summed E-state index contributed by atoms with van der Waals surface area (Å²) in [6.45, 7) is 4.41. The van der Waals surface area contributed by atoms with Gasteiger partial charge < -0.3 is 24.6 Å². The van der Waals surface area contributed by atoms with Gasteiger partial charge in [-0.2, -0.15) is 0 Å². The molecule has 0 amide bonds. The predicted octanol–water partition coefficient (Wildman–Crippen LogP) is 0.967. The van der Waals surface area contributed by atoms with Crippen molar-refractivity contribution < 1.29 is 34.0 Å². The van der Waals surface area contributed by atoms with Crippen molar-refractivity contribution in [2.45, 2.75) is 26.8 Å². The van der Waals surface area contributed by atoms with Crippen LogP contribution in [0.5, 0.6) is 0 Å².